The largest absolute Gasteiger partial charge is 0.462 e. The lowest BCUT2D eigenvalue weighted by Gasteiger charge is -2.03. The van der Waals surface area contributed by atoms with E-state index in [0.717, 1.165) is 10.4 Å². The maximum absolute atomic E-state index is 11.7. The van der Waals surface area contributed by atoms with Crippen molar-refractivity contribution in [3.63, 3.8) is 0 Å². The van der Waals surface area contributed by atoms with Crippen molar-refractivity contribution in [2.75, 3.05) is 12.3 Å². The number of nitrogen functional groups attached to an aromatic ring is 1. The first kappa shape index (κ1) is 11.1. The zero-order valence-corrected chi connectivity index (χ0v) is 10.2. The van der Waals surface area contributed by atoms with Crippen LogP contribution in [0.2, 0.25) is 0 Å². The number of esters is 1. The van der Waals surface area contributed by atoms with Gasteiger partial charge >= 0.3 is 5.97 Å². The van der Waals surface area contributed by atoms with Gasteiger partial charge in [-0.25, -0.2) is 4.79 Å². The Kier molecular flexibility index (Phi) is 3.21. The van der Waals surface area contributed by atoms with Crippen LogP contribution >= 0.6 is 22.7 Å². The smallest absolute Gasteiger partial charge is 0.341 e. The van der Waals surface area contributed by atoms with E-state index in [9.17, 15) is 4.79 Å². The Hall–Kier alpha value is -1.40. The highest BCUT2D eigenvalue weighted by molar-refractivity contribution is 7.16. The quantitative estimate of drug-likeness (QED) is 0.855. The molecule has 0 amide bonds. The summed E-state index contributed by atoms with van der Waals surface area (Å²) in [4.78, 5) is 16.6. The molecule has 0 saturated carbocycles. The van der Waals surface area contributed by atoms with Gasteiger partial charge in [0.2, 0.25) is 0 Å². The molecule has 0 fully saturated rings. The van der Waals surface area contributed by atoms with Gasteiger partial charge in [0, 0.05) is 17.1 Å². The third kappa shape index (κ3) is 1.94. The van der Waals surface area contributed by atoms with E-state index < -0.39 is 0 Å². The molecule has 16 heavy (non-hydrogen) atoms. The van der Waals surface area contributed by atoms with Gasteiger partial charge in [-0.15, -0.1) is 22.7 Å². The molecule has 0 bridgehead atoms. The number of carbonyl (C=O) groups is 1. The molecule has 0 spiro atoms. The SMILES string of the molecule is CCOC(=O)c1c(-c2cncs2)csc1N. The number of thiazole rings is 1. The molecule has 0 aliphatic heterocycles. The Morgan fingerprint density at radius 2 is 2.38 bits per heavy atom. The lowest BCUT2D eigenvalue weighted by atomic mass is 10.1. The molecule has 2 heterocycles. The highest BCUT2D eigenvalue weighted by Gasteiger charge is 2.20. The first-order chi connectivity index (χ1) is 7.74. The molecule has 0 aliphatic carbocycles. The Bertz CT molecular complexity index is 491. The summed E-state index contributed by atoms with van der Waals surface area (Å²) in [6, 6.07) is 0. The van der Waals surface area contributed by atoms with Crippen LogP contribution in [0.5, 0.6) is 0 Å². The highest BCUT2D eigenvalue weighted by Crippen LogP contribution is 2.35. The van der Waals surface area contributed by atoms with Crippen LogP contribution in [0.1, 0.15) is 17.3 Å². The van der Waals surface area contributed by atoms with Crippen molar-refractivity contribution in [2.24, 2.45) is 0 Å². The summed E-state index contributed by atoms with van der Waals surface area (Å²) < 4.78 is 4.98. The number of rotatable bonds is 3. The average molecular weight is 254 g/mol. The Morgan fingerprint density at radius 3 is 3.00 bits per heavy atom. The van der Waals surface area contributed by atoms with E-state index in [1.54, 1.807) is 18.6 Å². The number of anilines is 1. The van der Waals surface area contributed by atoms with Crippen LogP contribution in [0, 0.1) is 0 Å². The van der Waals surface area contributed by atoms with Crippen LogP contribution in [-0.4, -0.2) is 17.6 Å². The third-order valence-electron chi connectivity index (χ3n) is 2.00. The van der Waals surface area contributed by atoms with E-state index in [1.807, 2.05) is 5.38 Å². The molecule has 0 saturated heterocycles. The number of nitrogens with zero attached hydrogens (tertiary/aromatic N) is 1. The molecular formula is C10H10N2O2S2. The Labute approximate surface area is 101 Å². The number of nitrogens with two attached hydrogens (primary N) is 1. The van der Waals surface area contributed by atoms with Gasteiger partial charge in [-0.3, -0.25) is 4.98 Å². The molecular weight excluding hydrogens is 244 g/mol. The fourth-order valence-corrected chi connectivity index (χ4v) is 2.84. The Morgan fingerprint density at radius 1 is 1.56 bits per heavy atom. The summed E-state index contributed by atoms with van der Waals surface area (Å²) in [6.45, 7) is 2.11. The monoisotopic (exact) mass is 254 g/mol. The fraction of sp³-hybridized carbons (Fsp3) is 0.200. The first-order valence-corrected chi connectivity index (χ1v) is 6.43. The minimum Gasteiger partial charge on any atom is -0.462 e. The van der Waals surface area contributed by atoms with Gasteiger partial charge in [-0.1, -0.05) is 0 Å². The van der Waals surface area contributed by atoms with Crippen molar-refractivity contribution >= 4 is 33.6 Å². The number of thiophene rings is 1. The van der Waals surface area contributed by atoms with Crippen LogP contribution in [0.25, 0.3) is 10.4 Å². The van der Waals surface area contributed by atoms with Gasteiger partial charge in [0.1, 0.15) is 10.6 Å². The highest BCUT2D eigenvalue weighted by atomic mass is 32.1. The predicted octanol–water partition coefficient (Wildman–Crippen LogP) is 2.63. The van der Waals surface area contributed by atoms with Crippen molar-refractivity contribution in [1.82, 2.24) is 4.98 Å². The van der Waals surface area contributed by atoms with Crippen molar-refractivity contribution in [3.05, 3.63) is 22.7 Å². The van der Waals surface area contributed by atoms with Gasteiger partial charge in [-0.2, -0.15) is 0 Å². The van der Waals surface area contributed by atoms with E-state index in [2.05, 4.69) is 4.98 Å². The number of hydrogen-bond acceptors (Lipinski definition) is 6. The molecule has 2 N–H and O–H groups in total. The summed E-state index contributed by atoms with van der Waals surface area (Å²) in [7, 11) is 0. The predicted molar refractivity (Wildman–Crippen MR) is 65.8 cm³/mol. The summed E-state index contributed by atoms with van der Waals surface area (Å²) in [5, 5.41) is 2.34. The molecule has 2 aromatic heterocycles. The molecule has 0 aromatic carbocycles. The van der Waals surface area contributed by atoms with E-state index in [-0.39, 0.29) is 5.97 Å². The molecule has 0 unspecified atom stereocenters. The van der Waals surface area contributed by atoms with E-state index in [1.165, 1.54) is 22.7 Å². The van der Waals surface area contributed by atoms with Gasteiger partial charge < -0.3 is 10.5 Å². The molecule has 4 nitrogen and oxygen atoms in total. The maximum atomic E-state index is 11.7. The number of ether oxygens (including phenoxy) is 1. The summed E-state index contributed by atoms with van der Waals surface area (Å²) in [5.74, 6) is -0.371. The van der Waals surface area contributed by atoms with Crippen molar-refractivity contribution in [2.45, 2.75) is 6.92 Å². The Balaban J connectivity index is 2.44. The zero-order chi connectivity index (χ0) is 11.5. The third-order valence-corrected chi connectivity index (χ3v) is 3.61. The van der Waals surface area contributed by atoms with Gasteiger partial charge in [0.15, 0.2) is 0 Å². The number of hydrogen-bond donors (Lipinski definition) is 1. The van der Waals surface area contributed by atoms with Gasteiger partial charge in [-0.05, 0) is 6.92 Å². The van der Waals surface area contributed by atoms with E-state index in [4.69, 9.17) is 10.5 Å². The first-order valence-electron chi connectivity index (χ1n) is 4.67. The average Bonchev–Trinajstić information content (AvgIpc) is 2.86. The fourth-order valence-electron chi connectivity index (χ4n) is 1.32. The van der Waals surface area contributed by atoms with Crippen LogP contribution in [0.4, 0.5) is 5.00 Å². The molecule has 0 radical (unpaired) electrons. The minimum absolute atomic E-state index is 0.344. The molecule has 2 aromatic rings. The molecule has 84 valence electrons. The van der Waals surface area contributed by atoms with E-state index in [0.29, 0.717) is 17.2 Å². The van der Waals surface area contributed by atoms with Crippen molar-refractivity contribution in [1.29, 1.82) is 0 Å². The van der Waals surface area contributed by atoms with Gasteiger partial charge in [0.05, 0.1) is 17.0 Å². The lowest BCUT2D eigenvalue weighted by Crippen LogP contribution is -2.06. The van der Waals surface area contributed by atoms with E-state index >= 15 is 0 Å². The second kappa shape index (κ2) is 4.63. The van der Waals surface area contributed by atoms with Crippen LogP contribution < -0.4 is 5.73 Å². The second-order valence-electron chi connectivity index (χ2n) is 2.97. The van der Waals surface area contributed by atoms with Crippen molar-refractivity contribution < 1.29 is 9.53 Å². The molecule has 0 atom stereocenters. The normalized spacial score (nSPS) is 10.3. The molecule has 0 aliphatic rings. The zero-order valence-electron chi connectivity index (χ0n) is 8.60. The molecule has 2 rings (SSSR count). The number of aromatic nitrogens is 1. The van der Waals surface area contributed by atoms with Gasteiger partial charge in [0.25, 0.3) is 0 Å². The summed E-state index contributed by atoms with van der Waals surface area (Å²) >= 11 is 2.81. The number of carbonyl (C=O) groups excluding carboxylic acids is 1. The van der Waals surface area contributed by atoms with Crippen LogP contribution in [0.3, 0.4) is 0 Å². The van der Waals surface area contributed by atoms with Crippen molar-refractivity contribution in [3.8, 4) is 10.4 Å². The lowest BCUT2D eigenvalue weighted by molar-refractivity contribution is 0.0529. The minimum atomic E-state index is -0.371. The van der Waals surface area contributed by atoms with Crippen LogP contribution in [-0.2, 0) is 4.74 Å². The summed E-state index contributed by atoms with van der Waals surface area (Å²) in [6.07, 6.45) is 1.72. The second-order valence-corrected chi connectivity index (χ2v) is 4.77. The topological polar surface area (TPSA) is 65.2 Å². The van der Waals surface area contributed by atoms with Crippen LogP contribution in [0.15, 0.2) is 17.1 Å². The maximum Gasteiger partial charge on any atom is 0.341 e. The summed E-state index contributed by atoms with van der Waals surface area (Å²) in [5.41, 5.74) is 8.76. The standard InChI is InChI=1S/C10H10N2O2S2/c1-2-14-10(13)8-6(4-15-9(8)11)7-3-12-5-16-7/h3-5H,2,11H2,1H3. The molecule has 6 heteroatoms.